The number of piperidine rings is 1. The normalized spacial score (nSPS) is 16.1. The number of anilines is 1. The molecule has 0 bridgehead atoms. The molecule has 1 heterocycles. The highest BCUT2D eigenvalue weighted by Crippen LogP contribution is 2.17. The van der Waals surface area contributed by atoms with Crippen LogP contribution in [0.4, 0.5) is 10.5 Å². The Morgan fingerprint density at radius 2 is 1.91 bits per heavy atom. The zero-order valence-electron chi connectivity index (χ0n) is 13.4. The van der Waals surface area contributed by atoms with Gasteiger partial charge in [0, 0.05) is 24.3 Å². The first-order valence-electron chi connectivity index (χ1n) is 7.58. The number of benzene rings is 1. The second kappa shape index (κ2) is 7.26. The highest BCUT2D eigenvalue weighted by atomic mass is 16.2. The Kier molecular flexibility index (Phi) is 5.38. The molecule has 22 heavy (non-hydrogen) atoms. The Bertz CT molecular complexity index is 551. The van der Waals surface area contributed by atoms with E-state index in [2.05, 4.69) is 27.9 Å². The summed E-state index contributed by atoms with van der Waals surface area (Å²) in [7, 11) is 3.69. The van der Waals surface area contributed by atoms with E-state index in [9.17, 15) is 9.59 Å². The van der Waals surface area contributed by atoms with Gasteiger partial charge in [-0.15, -0.1) is 0 Å². The number of nitrogens with one attached hydrogen (secondary N) is 3. The summed E-state index contributed by atoms with van der Waals surface area (Å²) < 4.78 is 0. The number of hydrogen-bond donors (Lipinski definition) is 3. The number of carbonyl (C=O) groups excluding carboxylic acids is 2. The third-order valence-electron chi connectivity index (χ3n) is 4.02. The van der Waals surface area contributed by atoms with Gasteiger partial charge in [0.25, 0.3) is 5.91 Å². The fourth-order valence-electron chi connectivity index (χ4n) is 2.59. The molecule has 2 rings (SSSR count). The summed E-state index contributed by atoms with van der Waals surface area (Å²) in [6.07, 6.45) is 1.94. The summed E-state index contributed by atoms with van der Waals surface area (Å²) >= 11 is 0. The standard InChI is InChI=1S/C16H24N4O2/c1-11-10-12(15(21)17-2)4-5-14(11)19-16(22)18-13-6-8-20(3)9-7-13/h4-5,10,13H,6-9H2,1-3H3,(H,17,21)(H2,18,19,22). The molecule has 1 aromatic rings. The van der Waals surface area contributed by atoms with E-state index in [4.69, 9.17) is 0 Å². The lowest BCUT2D eigenvalue weighted by atomic mass is 10.1. The molecule has 1 aliphatic rings. The number of rotatable bonds is 3. The molecule has 0 saturated carbocycles. The lowest BCUT2D eigenvalue weighted by Crippen LogP contribution is -2.44. The monoisotopic (exact) mass is 304 g/mol. The molecule has 0 unspecified atom stereocenters. The lowest BCUT2D eigenvalue weighted by Gasteiger charge is -2.29. The molecule has 3 N–H and O–H groups in total. The Labute approximate surface area is 131 Å². The van der Waals surface area contributed by atoms with Crippen LogP contribution in [0, 0.1) is 6.92 Å². The van der Waals surface area contributed by atoms with Crippen molar-refractivity contribution in [3.63, 3.8) is 0 Å². The predicted molar refractivity (Wildman–Crippen MR) is 87.2 cm³/mol. The Morgan fingerprint density at radius 1 is 1.23 bits per heavy atom. The number of nitrogens with zero attached hydrogens (tertiary/aromatic N) is 1. The van der Waals surface area contributed by atoms with Crippen molar-refractivity contribution in [1.82, 2.24) is 15.5 Å². The minimum atomic E-state index is -0.189. The van der Waals surface area contributed by atoms with Crippen LogP contribution in [0.2, 0.25) is 0 Å². The van der Waals surface area contributed by atoms with Crippen molar-refractivity contribution in [2.75, 3.05) is 32.5 Å². The van der Waals surface area contributed by atoms with E-state index in [0.29, 0.717) is 5.56 Å². The first-order valence-corrected chi connectivity index (χ1v) is 7.58. The van der Waals surface area contributed by atoms with Gasteiger partial charge in [0.05, 0.1) is 0 Å². The summed E-state index contributed by atoms with van der Waals surface area (Å²) in [5, 5.41) is 8.45. The second-order valence-corrected chi connectivity index (χ2v) is 5.78. The Balaban J connectivity index is 1.92. The Morgan fingerprint density at radius 3 is 2.50 bits per heavy atom. The molecule has 6 nitrogen and oxygen atoms in total. The highest BCUT2D eigenvalue weighted by molar-refractivity contribution is 5.96. The second-order valence-electron chi connectivity index (χ2n) is 5.78. The molecule has 1 aliphatic heterocycles. The molecule has 3 amide bonds. The molecular weight excluding hydrogens is 280 g/mol. The van der Waals surface area contributed by atoms with E-state index in [1.807, 2.05) is 6.92 Å². The summed E-state index contributed by atoms with van der Waals surface area (Å²) in [6, 6.07) is 5.27. The van der Waals surface area contributed by atoms with Crippen LogP contribution in [0.5, 0.6) is 0 Å². The number of aryl methyl sites for hydroxylation is 1. The molecule has 6 heteroatoms. The SMILES string of the molecule is CNC(=O)c1ccc(NC(=O)NC2CCN(C)CC2)c(C)c1. The van der Waals surface area contributed by atoms with Gasteiger partial charge < -0.3 is 20.9 Å². The van der Waals surface area contributed by atoms with Crippen LogP contribution in [0.1, 0.15) is 28.8 Å². The number of likely N-dealkylation sites (tertiary alicyclic amines) is 1. The van der Waals surface area contributed by atoms with E-state index in [0.717, 1.165) is 37.2 Å². The zero-order valence-corrected chi connectivity index (χ0v) is 13.4. The average Bonchev–Trinajstić information content (AvgIpc) is 2.50. The molecule has 1 saturated heterocycles. The van der Waals surface area contributed by atoms with E-state index < -0.39 is 0 Å². The van der Waals surface area contributed by atoms with Crippen molar-refractivity contribution >= 4 is 17.6 Å². The fourth-order valence-corrected chi connectivity index (χ4v) is 2.59. The van der Waals surface area contributed by atoms with Crippen LogP contribution in [0.25, 0.3) is 0 Å². The summed E-state index contributed by atoms with van der Waals surface area (Å²) in [5.41, 5.74) is 2.17. The first-order chi connectivity index (χ1) is 10.5. The van der Waals surface area contributed by atoms with Gasteiger partial charge in [-0.2, -0.15) is 0 Å². The summed E-state index contributed by atoms with van der Waals surface area (Å²) in [6.45, 7) is 3.88. The maximum atomic E-state index is 12.1. The van der Waals surface area contributed by atoms with Gasteiger partial charge in [-0.25, -0.2) is 4.79 Å². The van der Waals surface area contributed by atoms with Crippen LogP contribution < -0.4 is 16.0 Å². The maximum absolute atomic E-state index is 12.1. The number of urea groups is 1. The van der Waals surface area contributed by atoms with Crippen LogP contribution in [-0.4, -0.2) is 50.1 Å². The minimum Gasteiger partial charge on any atom is -0.355 e. The van der Waals surface area contributed by atoms with Crippen LogP contribution in [0.15, 0.2) is 18.2 Å². The predicted octanol–water partition coefficient (Wildman–Crippen LogP) is 1.57. The van der Waals surface area contributed by atoms with Crippen LogP contribution in [-0.2, 0) is 0 Å². The number of amides is 3. The number of carbonyl (C=O) groups is 2. The van der Waals surface area contributed by atoms with Gasteiger partial charge in [0.1, 0.15) is 0 Å². The van der Waals surface area contributed by atoms with E-state index in [-0.39, 0.29) is 18.0 Å². The van der Waals surface area contributed by atoms with Gasteiger partial charge in [-0.05, 0) is 63.7 Å². The third kappa shape index (κ3) is 4.21. The van der Waals surface area contributed by atoms with Gasteiger partial charge >= 0.3 is 6.03 Å². The average molecular weight is 304 g/mol. The molecule has 0 aromatic heterocycles. The molecule has 0 atom stereocenters. The summed E-state index contributed by atoms with van der Waals surface area (Å²) in [5.74, 6) is -0.134. The van der Waals surface area contributed by atoms with Gasteiger partial charge in [-0.1, -0.05) is 0 Å². The molecule has 0 aliphatic carbocycles. The smallest absolute Gasteiger partial charge is 0.319 e. The molecule has 0 radical (unpaired) electrons. The van der Waals surface area contributed by atoms with E-state index in [1.54, 1.807) is 25.2 Å². The highest BCUT2D eigenvalue weighted by Gasteiger charge is 2.18. The molecule has 1 fully saturated rings. The maximum Gasteiger partial charge on any atom is 0.319 e. The largest absolute Gasteiger partial charge is 0.355 e. The zero-order chi connectivity index (χ0) is 16.1. The van der Waals surface area contributed by atoms with Crippen molar-refractivity contribution in [1.29, 1.82) is 0 Å². The van der Waals surface area contributed by atoms with Crippen LogP contribution >= 0.6 is 0 Å². The Hall–Kier alpha value is -2.08. The van der Waals surface area contributed by atoms with Crippen molar-refractivity contribution in [3.8, 4) is 0 Å². The summed E-state index contributed by atoms with van der Waals surface area (Å²) in [4.78, 5) is 25.9. The van der Waals surface area contributed by atoms with Crippen molar-refractivity contribution < 1.29 is 9.59 Å². The van der Waals surface area contributed by atoms with Crippen molar-refractivity contribution in [2.45, 2.75) is 25.8 Å². The van der Waals surface area contributed by atoms with Crippen molar-refractivity contribution in [2.24, 2.45) is 0 Å². The number of hydrogen-bond acceptors (Lipinski definition) is 3. The minimum absolute atomic E-state index is 0.134. The molecule has 1 aromatic carbocycles. The molecular formula is C16H24N4O2. The van der Waals surface area contributed by atoms with Crippen molar-refractivity contribution in [3.05, 3.63) is 29.3 Å². The first kappa shape index (κ1) is 16.3. The molecule has 0 spiro atoms. The van der Waals surface area contributed by atoms with Gasteiger partial charge in [0.15, 0.2) is 0 Å². The van der Waals surface area contributed by atoms with E-state index >= 15 is 0 Å². The lowest BCUT2D eigenvalue weighted by molar-refractivity contribution is 0.0963. The van der Waals surface area contributed by atoms with Crippen LogP contribution in [0.3, 0.4) is 0 Å². The van der Waals surface area contributed by atoms with Gasteiger partial charge in [0.2, 0.25) is 0 Å². The topological polar surface area (TPSA) is 73.5 Å². The third-order valence-corrected chi connectivity index (χ3v) is 4.02. The quantitative estimate of drug-likeness (QED) is 0.793. The van der Waals surface area contributed by atoms with Gasteiger partial charge in [-0.3, -0.25) is 4.79 Å². The molecule has 120 valence electrons. The fraction of sp³-hybridized carbons (Fsp3) is 0.500. The van der Waals surface area contributed by atoms with E-state index in [1.165, 1.54) is 0 Å².